The van der Waals surface area contributed by atoms with E-state index in [0.29, 0.717) is 0 Å². The lowest BCUT2D eigenvalue weighted by Gasteiger charge is -2.24. The summed E-state index contributed by atoms with van der Waals surface area (Å²) in [4.78, 5) is 0. The van der Waals surface area contributed by atoms with Crippen LogP contribution in [0.3, 0.4) is 0 Å². The number of benzene rings is 1. The van der Waals surface area contributed by atoms with Crippen LogP contribution in [-0.4, -0.2) is 17.3 Å². The van der Waals surface area contributed by atoms with Crippen LogP contribution in [0.15, 0.2) is 29.6 Å². The minimum absolute atomic E-state index is 0.122. The van der Waals surface area contributed by atoms with Gasteiger partial charge in [0, 0.05) is 15.5 Å². The monoisotopic (exact) mass is 221 g/mol. The zero-order valence-corrected chi connectivity index (χ0v) is 9.77. The smallest absolute Gasteiger partial charge is 0.0656 e. The molecule has 1 aromatic carbocycles. The predicted molar refractivity (Wildman–Crippen MR) is 66.6 cm³/mol. The number of hydrogen-bond acceptors (Lipinski definition) is 3. The molecule has 2 aromatic rings. The van der Waals surface area contributed by atoms with E-state index < -0.39 is 0 Å². The Morgan fingerprint density at radius 1 is 1.33 bits per heavy atom. The van der Waals surface area contributed by atoms with Crippen LogP contribution in [-0.2, 0) is 0 Å². The molecule has 80 valence electrons. The van der Waals surface area contributed by atoms with E-state index in [-0.39, 0.29) is 12.1 Å². The SMILES string of the molecule is CC(C)(CO)Nc1csc2ccccc12. The van der Waals surface area contributed by atoms with Crippen molar-refractivity contribution in [2.24, 2.45) is 0 Å². The van der Waals surface area contributed by atoms with Gasteiger partial charge in [-0.3, -0.25) is 0 Å². The summed E-state index contributed by atoms with van der Waals surface area (Å²) in [6.45, 7) is 4.09. The van der Waals surface area contributed by atoms with Crippen LogP contribution in [0.2, 0.25) is 0 Å². The van der Waals surface area contributed by atoms with Crippen molar-refractivity contribution in [3.63, 3.8) is 0 Å². The van der Waals surface area contributed by atoms with E-state index in [9.17, 15) is 5.11 Å². The van der Waals surface area contributed by atoms with Gasteiger partial charge in [0.05, 0.1) is 17.8 Å². The van der Waals surface area contributed by atoms with Crippen LogP contribution in [0.1, 0.15) is 13.8 Å². The lowest BCUT2D eigenvalue weighted by atomic mass is 10.1. The topological polar surface area (TPSA) is 32.3 Å². The Hall–Kier alpha value is -1.06. The van der Waals surface area contributed by atoms with Gasteiger partial charge in [0.25, 0.3) is 0 Å². The van der Waals surface area contributed by atoms with Crippen molar-refractivity contribution < 1.29 is 5.11 Å². The van der Waals surface area contributed by atoms with Gasteiger partial charge >= 0.3 is 0 Å². The fourth-order valence-corrected chi connectivity index (χ4v) is 2.37. The molecule has 0 saturated carbocycles. The third-order valence-electron chi connectivity index (χ3n) is 2.35. The van der Waals surface area contributed by atoms with E-state index in [1.807, 2.05) is 26.0 Å². The van der Waals surface area contributed by atoms with Gasteiger partial charge in [-0.25, -0.2) is 0 Å². The van der Waals surface area contributed by atoms with Crippen LogP contribution in [0.4, 0.5) is 5.69 Å². The average molecular weight is 221 g/mol. The maximum absolute atomic E-state index is 9.21. The van der Waals surface area contributed by atoms with Gasteiger partial charge in [0.2, 0.25) is 0 Å². The van der Waals surface area contributed by atoms with Gasteiger partial charge in [-0.05, 0) is 19.9 Å². The van der Waals surface area contributed by atoms with E-state index in [1.54, 1.807) is 11.3 Å². The normalized spacial score (nSPS) is 11.9. The molecule has 0 unspecified atom stereocenters. The molecule has 3 heteroatoms. The van der Waals surface area contributed by atoms with Gasteiger partial charge in [-0.2, -0.15) is 0 Å². The van der Waals surface area contributed by atoms with E-state index in [2.05, 4.69) is 22.8 Å². The summed E-state index contributed by atoms with van der Waals surface area (Å²) in [5.74, 6) is 0. The summed E-state index contributed by atoms with van der Waals surface area (Å²) in [5.41, 5.74) is 0.832. The van der Waals surface area contributed by atoms with E-state index in [4.69, 9.17) is 0 Å². The summed E-state index contributed by atoms with van der Waals surface area (Å²) in [7, 11) is 0. The fourth-order valence-electron chi connectivity index (χ4n) is 1.48. The number of hydrogen-bond donors (Lipinski definition) is 2. The highest BCUT2D eigenvalue weighted by molar-refractivity contribution is 7.17. The van der Waals surface area contributed by atoms with E-state index in [1.165, 1.54) is 10.1 Å². The highest BCUT2D eigenvalue weighted by Gasteiger charge is 2.17. The maximum Gasteiger partial charge on any atom is 0.0656 e. The predicted octanol–water partition coefficient (Wildman–Crippen LogP) is 3.08. The summed E-state index contributed by atoms with van der Waals surface area (Å²) < 4.78 is 1.27. The van der Waals surface area contributed by atoms with Crippen molar-refractivity contribution in [1.29, 1.82) is 0 Å². The van der Waals surface area contributed by atoms with Crippen molar-refractivity contribution in [3.05, 3.63) is 29.6 Å². The van der Waals surface area contributed by atoms with Crippen molar-refractivity contribution in [1.82, 2.24) is 0 Å². The third-order valence-corrected chi connectivity index (χ3v) is 3.31. The molecule has 1 heterocycles. The molecule has 0 aliphatic heterocycles. The maximum atomic E-state index is 9.21. The van der Waals surface area contributed by atoms with Gasteiger partial charge in [-0.1, -0.05) is 18.2 Å². The second kappa shape index (κ2) is 3.83. The molecule has 15 heavy (non-hydrogen) atoms. The van der Waals surface area contributed by atoms with Crippen LogP contribution in [0.5, 0.6) is 0 Å². The number of thiophene rings is 1. The molecule has 0 radical (unpaired) electrons. The van der Waals surface area contributed by atoms with Gasteiger partial charge < -0.3 is 10.4 Å². The number of aliphatic hydroxyl groups is 1. The number of anilines is 1. The minimum Gasteiger partial charge on any atom is -0.394 e. The molecule has 0 saturated heterocycles. The standard InChI is InChI=1S/C12H15NOS/c1-12(2,8-14)13-10-7-15-11-6-4-3-5-9(10)11/h3-7,13-14H,8H2,1-2H3. The number of aliphatic hydroxyl groups excluding tert-OH is 1. The molecular weight excluding hydrogens is 206 g/mol. The molecule has 1 aromatic heterocycles. The van der Waals surface area contributed by atoms with Crippen molar-refractivity contribution >= 4 is 27.1 Å². The highest BCUT2D eigenvalue weighted by Crippen LogP contribution is 2.31. The summed E-state index contributed by atoms with van der Waals surface area (Å²) in [6.07, 6.45) is 0. The summed E-state index contributed by atoms with van der Waals surface area (Å²) in [5, 5.41) is 15.9. The van der Waals surface area contributed by atoms with E-state index in [0.717, 1.165) is 5.69 Å². The van der Waals surface area contributed by atoms with Crippen molar-refractivity contribution in [3.8, 4) is 0 Å². The quantitative estimate of drug-likeness (QED) is 0.834. The second-order valence-corrected chi connectivity index (χ2v) is 5.22. The first-order valence-electron chi connectivity index (χ1n) is 4.98. The molecule has 0 aliphatic rings. The minimum atomic E-state index is -0.274. The highest BCUT2D eigenvalue weighted by atomic mass is 32.1. The largest absolute Gasteiger partial charge is 0.394 e. The number of rotatable bonds is 3. The Morgan fingerprint density at radius 3 is 2.80 bits per heavy atom. The van der Waals surface area contributed by atoms with Gasteiger partial charge in [-0.15, -0.1) is 11.3 Å². The average Bonchev–Trinajstić information content (AvgIpc) is 2.62. The Morgan fingerprint density at radius 2 is 2.07 bits per heavy atom. The molecule has 0 atom stereocenters. The van der Waals surface area contributed by atoms with Crippen molar-refractivity contribution in [2.75, 3.05) is 11.9 Å². The first kappa shape index (κ1) is 10.5. The first-order chi connectivity index (χ1) is 7.12. The Bertz CT molecular complexity index is 461. The van der Waals surface area contributed by atoms with Crippen LogP contribution < -0.4 is 5.32 Å². The summed E-state index contributed by atoms with van der Waals surface area (Å²) in [6, 6.07) is 8.28. The summed E-state index contributed by atoms with van der Waals surface area (Å²) >= 11 is 1.72. The third kappa shape index (κ3) is 2.13. The Balaban J connectivity index is 2.37. The van der Waals surface area contributed by atoms with Crippen LogP contribution in [0, 0.1) is 0 Å². The molecule has 2 rings (SSSR count). The molecule has 0 amide bonds. The Labute approximate surface area is 93.6 Å². The Kier molecular flexibility index (Phi) is 2.67. The lowest BCUT2D eigenvalue weighted by Crippen LogP contribution is -2.34. The molecule has 2 nitrogen and oxygen atoms in total. The molecule has 0 bridgehead atoms. The molecule has 2 N–H and O–H groups in total. The van der Waals surface area contributed by atoms with Crippen molar-refractivity contribution in [2.45, 2.75) is 19.4 Å². The molecule has 0 aliphatic carbocycles. The fraction of sp³-hybridized carbons (Fsp3) is 0.333. The van der Waals surface area contributed by atoms with Gasteiger partial charge in [0.15, 0.2) is 0 Å². The van der Waals surface area contributed by atoms with Gasteiger partial charge in [0.1, 0.15) is 0 Å². The lowest BCUT2D eigenvalue weighted by molar-refractivity contribution is 0.234. The zero-order chi connectivity index (χ0) is 10.9. The van der Waals surface area contributed by atoms with Crippen LogP contribution in [0.25, 0.3) is 10.1 Å². The number of fused-ring (bicyclic) bond motifs is 1. The molecule has 0 spiro atoms. The van der Waals surface area contributed by atoms with E-state index >= 15 is 0 Å². The first-order valence-corrected chi connectivity index (χ1v) is 5.86. The molecule has 0 fully saturated rings. The second-order valence-electron chi connectivity index (χ2n) is 4.31. The molecular formula is C12H15NOS. The number of nitrogens with one attached hydrogen (secondary N) is 1. The van der Waals surface area contributed by atoms with Crippen LogP contribution >= 0.6 is 11.3 Å². The zero-order valence-electron chi connectivity index (χ0n) is 8.95.